The molecule has 12 heteroatoms. The summed E-state index contributed by atoms with van der Waals surface area (Å²) in [5.41, 5.74) is 0.717. The van der Waals surface area contributed by atoms with Gasteiger partial charge < -0.3 is 19.2 Å². The molecule has 4 aromatic rings. The molecule has 1 amide bonds. The number of thioether (sulfide) groups is 1. The van der Waals surface area contributed by atoms with Gasteiger partial charge in [0.2, 0.25) is 31.8 Å². The molecule has 0 radical (unpaired) electrons. The van der Waals surface area contributed by atoms with E-state index in [9.17, 15) is 22.0 Å². The minimum Gasteiger partial charge on any atom is -0.497 e. The predicted octanol–water partition coefficient (Wildman–Crippen LogP) is 5.20. The number of methoxy groups -OCH3 is 2. The fourth-order valence-corrected chi connectivity index (χ4v) is 5.54. The number of carbonyl (C=O) groups is 1. The van der Waals surface area contributed by atoms with Crippen LogP contribution in [0.4, 0.5) is 14.5 Å². The first-order chi connectivity index (χ1) is 17.7. The van der Waals surface area contributed by atoms with Crippen LogP contribution in [0, 0.1) is 11.6 Å². The van der Waals surface area contributed by atoms with Crippen molar-refractivity contribution in [2.75, 3.05) is 25.3 Å². The number of halogens is 2. The smallest absolute Gasteiger partial charge is 0.234 e. The van der Waals surface area contributed by atoms with Crippen molar-refractivity contribution in [2.45, 2.75) is 15.0 Å². The lowest BCUT2D eigenvalue weighted by Gasteiger charge is -2.11. The Kier molecular flexibility index (Phi) is 7.79. The monoisotopic (exact) mass is 546 g/mol. The highest BCUT2D eigenvalue weighted by Gasteiger charge is 2.29. The molecule has 0 fully saturated rings. The number of oxazole rings is 1. The van der Waals surface area contributed by atoms with Crippen LogP contribution in [-0.2, 0) is 14.6 Å². The molecular formula is C25H20F2N2O6S2. The first-order valence-electron chi connectivity index (χ1n) is 10.6. The van der Waals surface area contributed by atoms with Gasteiger partial charge in [-0.2, -0.15) is 4.98 Å². The van der Waals surface area contributed by atoms with Gasteiger partial charge in [-0.15, -0.1) is 0 Å². The highest BCUT2D eigenvalue weighted by molar-refractivity contribution is 8.00. The number of ether oxygens (including phenoxy) is 2. The minimum absolute atomic E-state index is 0.0829. The molecule has 0 aliphatic carbocycles. The van der Waals surface area contributed by atoms with Crippen molar-refractivity contribution in [3.05, 3.63) is 78.4 Å². The van der Waals surface area contributed by atoms with Crippen LogP contribution in [0.5, 0.6) is 11.5 Å². The lowest BCUT2D eigenvalue weighted by molar-refractivity contribution is -0.113. The van der Waals surface area contributed by atoms with Crippen LogP contribution in [0.3, 0.4) is 0 Å². The standard InChI is InChI=1S/C25H20F2N2O6S2/c1-33-18-9-12-20(21(13-18)34-2)28-22(30)14-36-25-24(37(31,32)19-10-7-17(27)8-11-19)29-23(35-25)15-3-5-16(26)6-4-15/h3-13H,14H2,1-2H3,(H,28,30). The summed E-state index contributed by atoms with van der Waals surface area (Å²) in [6, 6.07) is 14.2. The van der Waals surface area contributed by atoms with Crippen molar-refractivity contribution in [1.29, 1.82) is 0 Å². The second-order valence-corrected chi connectivity index (χ2v) is 10.3. The molecule has 0 spiro atoms. The van der Waals surface area contributed by atoms with Gasteiger partial charge in [0.05, 0.1) is 30.6 Å². The van der Waals surface area contributed by atoms with E-state index in [4.69, 9.17) is 13.9 Å². The second kappa shape index (κ2) is 11.0. The van der Waals surface area contributed by atoms with Gasteiger partial charge in [0.15, 0.2) is 0 Å². The summed E-state index contributed by atoms with van der Waals surface area (Å²) in [7, 11) is -1.30. The number of amides is 1. The fourth-order valence-electron chi connectivity index (χ4n) is 3.21. The summed E-state index contributed by atoms with van der Waals surface area (Å²) in [6.45, 7) is 0. The van der Waals surface area contributed by atoms with Crippen molar-refractivity contribution < 1.29 is 35.9 Å². The van der Waals surface area contributed by atoms with Gasteiger partial charge in [0.1, 0.15) is 23.1 Å². The second-order valence-electron chi connectivity index (χ2n) is 7.48. The summed E-state index contributed by atoms with van der Waals surface area (Å²) in [5, 5.41) is 2.09. The fraction of sp³-hybridized carbons (Fsp3) is 0.120. The Balaban J connectivity index is 1.62. The molecule has 0 bridgehead atoms. The van der Waals surface area contributed by atoms with Gasteiger partial charge in [0, 0.05) is 11.6 Å². The zero-order valence-corrected chi connectivity index (χ0v) is 21.2. The third-order valence-electron chi connectivity index (χ3n) is 5.05. The predicted molar refractivity (Wildman–Crippen MR) is 133 cm³/mol. The van der Waals surface area contributed by atoms with E-state index < -0.39 is 32.4 Å². The zero-order valence-electron chi connectivity index (χ0n) is 19.5. The molecule has 1 aromatic heterocycles. The number of anilines is 1. The summed E-state index contributed by atoms with van der Waals surface area (Å²) >= 11 is 0.805. The molecule has 37 heavy (non-hydrogen) atoms. The van der Waals surface area contributed by atoms with Crippen LogP contribution < -0.4 is 14.8 Å². The maximum absolute atomic E-state index is 13.4. The van der Waals surface area contributed by atoms with Gasteiger partial charge >= 0.3 is 0 Å². The van der Waals surface area contributed by atoms with E-state index in [1.807, 2.05) is 0 Å². The largest absolute Gasteiger partial charge is 0.497 e. The number of carbonyl (C=O) groups excluding carboxylic acids is 1. The number of nitrogens with zero attached hydrogens (tertiary/aromatic N) is 1. The van der Waals surface area contributed by atoms with Gasteiger partial charge in [0.25, 0.3) is 0 Å². The normalized spacial score (nSPS) is 11.2. The Hall–Kier alpha value is -3.90. The molecule has 1 heterocycles. The van der Waals surface area contributed by atoms with E-state index in [-0.39, 0.29) is 21.6 Å². The molecule has 0 aliphatic rings. The molecule has 3 aromatic carbocycles. The number of hydrogen-bond acceptors (Lipinski definition) is 8. The van der Waals surface area contributed by atoms with E-state index in [0.29, 0.717) is 22.7 Å². The lowest BCUT2D eigenvalue weighted by Crippen LogP contribution is -2.15. The number of nitrogens with one attached hydrogen (secondary N) is 1. The molecule has 0 unspecified atom stereocenters. The highest BCUT2D eigenvalue weighted by atomic mass is 32.2. The molecule has 192 valence electrons. The Labute approximate surface area is 215 Å². The number of aromatic nitrogens is 1. The van der Waals surface area contributed by atoms with Crippen LogP contribution in [0.25, 0.3) is 11.5 Å². The van der Waals surface area contributed by atoms with Gasteiger partial charge in [-0.05, 0) is 60.7 Å². The van der Waals surface area contributed by atoms with E-state index >= 15 is 0 Å². The molecule has 8 nitrogen and oxygen atoms in total. The van der Waals surface area contributed by atoms with Crippen LogP contribution in [0.1, 0.15) is 0 Å². The number of benzene rings is 3. The zero-order chi connectivity index (χ0) is 26.6. The molecule has 4 rings (SSSR count). The van der Waals surface area contributed by atoms with E-state index in [1.54, 1.807) is 18.2 Å². The SMILES string of the molecule is COc1ccc(NC(=O)CSc2oc(-c3ccc(F)cc3)nc2S(=O)(=O)c2ccc(F)cc2)c(OC)c1. The quantitative estimate of drug-likeness (QED) is 0.226. The van der Waals surface area contributed by atoms with Crippen LogP contribution in [0.15, 0.2) is 86.2 Å². The van der Waals surface area contributed by atoms with Crippen molar-refractivity contribution in [1.82, 2.24) is 4.98 Å². The molecule has 0 saturated carbocycles. The van der Waals surface area contributed by atoms with Crippen molar-refractivity contribution in [3.63, 3.8) is 0 Å². The van der Waals surface area contributed by atoms with Gasteiger partial charge in [-0.25, -0.2) is 17.2 Å². The summed E-state index contributed by atoms with van der Waals surface area (Å²) in [4.78, 5) is 16.6. The number of hydrogen-bond donors (Lipinski definition) is 1. The average Bonchev–Trinajstić information content (AvgIpc) is 3.33. The van der Waals surface area contributed by atoms with E-state index in [1.165, 1.54) is 38.5 Å². The third kappa shape index (κ3) is 5.92. The summed E-state index contributed by atoms with van der Waals surface area (Å²) in [6.07, 6.45) is 0. The maximum atomic E-state index is 13.4. The minimum atomic E-state index is -4.24. The van der Waals surface area contributed by atoms with Crippen molar-refractivity contribution in [2.24, 2.45) is 0 Å². The van der Waals surface area contributed by atoms with Gasteiger partial charge in [-0.3, -0.25) is 4.79 Å². The number of sulfone groups is 1. The topological polar surface area (TPSA) is 108 Å². The Morgan fingerprint density at radius 2 is 1.62 bits per heavy atom. The first kappa shape index (κ1) is 26.2. The Bertz CT molecular complexity index is 1520. The molecule has 0 atom stereocenters. The first-order valence-corrected chi connectivity index (χ1v) is 13.1. The van der Waals surface area contributed by atoms with Crippen LogP contribution in [-0.4, -0.2) is 39.3 Å². The average molecular weight is 547 g/mol. The Morgan fingerprint density at radius 3 is 2.24 bits per heavy atom. The molecular weight excluding hydrogens is 526 g/mol. The van der Waals surface area contributed by atoms with Crippen molar-refractivity contribution >= 4 is 33.2 Å². The third-order valence-corrected chi connectivity index (χ3v) is 7.81. The van der Waals surface area contributed by atoms with Crippen LogP contribution >= 0.6 is 11.8 Å². The summed E-state index contributed by atoms with van der Waals surface area (Å²) < 4.78 is 69.5. The summed E-state index contributed by atoms with van der Waals surface area (Å²) in [5.74, 6) is -0.982. The van der Waals surface area contributed by atoms with Crippen LogP contribution in [0.2, 0.25) is 0 Å². The number of rotatable bonds is 9. The highest BCUT2D eigenvalue weighted by Crippen LogP contribution is 2.35. The molecule has 0 aliphatic heterocycles. The maximum Gasteiger partial charge on any atom is 0.234 e. The van der Waals surface area contributed by atoms with E-state index in [0.717, 1.165) is 36.0 Å². The van der Waals surface area contributed by atoms with Crippen molar-refractivity contribution in [3.8, 4) is 23.0 Å². The van der Waals surface area contributed by atoms with Gasteiger partial charge in [-0.1, -0.05) is 11.8 Å². The van der Waals surface area contributed by atoms with E-state index in [2.05, 4.69) is 10.3 Å². The molecule has 1 N–H and O–H groups in total. The Morgan fingerprint density at radius 1 is 0.973 bits per heavy atom. The lowest BCUT2D eigenvalue weighted by atomic mass is 10.2. The molecule has 0 saturated heterocycles.